The molecule has 2 fully saturated rings. The van der Waals surface area contributed by atoms with Gasteiger partial charge >= 0.3 is 0 Å². The standard InChI is InChI=1S/C17H22N2O3S2/c1-11-6-5-7-12(8-11)19-13-9-24(21,22)10-14(13)23-16(19)18-15(20)17(2,3)4/h5-8,13-14H,9-10H2,1-4H3/t13-,14+/m0/s1. The predicted octanol–water partition coefficient (Wildman–Crippen LogP) is 2.64. The molecule has 130 valence electrons. The van der Waals surface area contributed by atoms with Crippen molar-refractivity contribution in [2.45, 2.75) is 39.0 Å². The van der Waals surface area contributed by atoms with Crippen LogP contribution < -0.4 is 4.90 Å². The summed E-state index contributed by atoms with van der Waals surface area (Å²) in [6.07, 6.45) is 0. The maximum atomic E-state index is 12.4. The van der Waals surface area contributed by atoms with Crippen LogP contribution >= 0.6 is 11.8 Å². The first-order valence-corrected chi connectivity index (χ1v) is 10.6. The second-order valence-corrected chi connectivity index (χ2v) is 10.8. The van der Waals surface area contributed by atoms with Gasteiger partial charge in [0.2, 0.25) is 0 Å². The third kappa shape index (κ3) is 3.37. The minimum absolute atomic E-state index is 0.0676. The topological polar surface area (TPSA) is 66.8 Å². The zero-order chi connectivity index (χ0) is 17.7. The number of benzene rings is 1. The molecule has 2 atom stereocenters. The number of sulfone groups is 1. The molecular weight excluding hydrogens is 344 g/mol. The van der Waals surface area contributed by atoms with Crippen LogP contribution in [0.4, 0.5) is 5.69 Å². The number of fused-ring (bicyclic) bond motifs is 1. The van der Waals surface area contributed by atoms with Crippen molar-refractivity contribution < 1.29 is 13.2 Å². The van der Waals surface area contributed by atoms with Crippen LogP contribution in [0.2, 0.25) is 0 Å². The number of hydrogen-bond donors (Lipinski definition) is 0. The van der Waals surface area contributed by atoms with Crippen molar-refractivity contribution in [3.63, 3.8) is 0 Å². The van der Waals surface area contributed by atoms with E-state index in [-0.39, 0.29) is 28.7 Å². The number of aryl methyl sites for hydroxylation is 1. The Balaban J connectivity index is 2.03. The van der Waals surface area contributed by atoms with Crippen LogP contribution in [0.25, 0.3) is 0 Å². The minimum Gasteiger partial charge on any atom is -0.316 e. The lowest BCUT2D eigenvalue weighted by atomic mass is 9.96. The van der Waals surface area contributed by atoms with Crippen LogP contribution in [0.15, 0.2) is 29.3 Å². The maximum Gasteiger partial charge on any atom is 0.253 e. The molecule has 2 aliphatic rings. The van der Waals surface area contributed by atoms with Gasteiger partial charge in [-0.3, -0.25) is 4.79 Å². The molecule has 0 bridgehead atoms. The fraction of sp³-hybridized carbons (Fsp3) is 0.529. The van der Waals surface area contributed by atoms with Crippen LogP contribution in [0.1, 0.15) is 26.3 Å². The molecule has 3 rings (SSSR count). The molecule has 2 heterocycles. The fourth-order valence-electron chi connectivity index (χ4n) is 2.90. The summed E-state index contributed by atoms with van der Waals surface area (Å²) in [5, 5.41) is 0.549. The molecule has 7 heteroatoms. The highest BCUT2D eigenvalue weighted by Crippen LogP contribution is 2.41. The number of amides is 1. The highest BCUT2D eigenvalue weighted by atomic mass is 32.2. The van der Waals surface area contributed by atoms with Crippen molar-refractivity contribution in [1.29, 1.82) is 0 Å². The van der Waals surface area contributed by atoms with Crippen molar-refractivity contribution in [2.75, 3.05) is 16.4 Å². The summed E-state index contributed by atoms with van der Waals surface area (Å²) in [7, 11) is -3.04. The molecule has 2 saturated heterocycles. The third-order valence-corrected chi connectivity index (χ3v) is 7.39. The number of anilines is 1. The van der Waals surface area contributed by atoms with E-state index in [0.29, 0.717) is 5.17 Å². The summed E-state index contributed by atoms with van der Waals surface area (Å²) in [6, 6.07) is 7.72. The van der Waals surface area contributed by atoms with Gasteiger partial charge in [0.1, 0.15) is 0 Å². The fourth-order valence-corrected chi connectivity index (χ4v) is 6.81. The van der Waals surface area contributed by atoms with E-state index in [2.05, 4.69) is 4.99 Å². The van der Waals surface area contributed by atoms with Gasteiger partial charge in [0, 0.05) is 16.4 Å². The zero-order valence-electron chi connectivity index (χ0n) is 14.3. The van der Waals surface area contributed by atoms with Crippen molar-refractivity contribution in [3.05, 3.63) is 29.8 Å². The lowest BCUT2D eigenvalue weighted by Crippen LogP contribution is -2.38. The van der Waals surface area contributed by atoms with Gasteiger partial charge in [-0.05, 0) is 24.6 Å². The normalized spacial score (nSPS) is 27.5. The van der Waals surface area contributed by atoms with Gasteiger partial charge < -0.3 is 4.90 Å². The lowest BCUT2D eigenvalue weighted by molar-refractivity contribution is -0.124. The average Bonchev–Trinajstić information content (AvgIpc) is 2.88. The van der Waals surface area contributed by atoms with E-state index in [0.717, 1.165) is 11.3 Å². The van der Waals surface area contributed by atoms with Gasteiger partial charge in [-0.15, -0.1) is 0 Å². The Morgan fingerprint density at radius 3 is 2.62 bits per heavy atom. The molecule has 5 nitrogen and oxygen atoms in total. The first-order chi connectivity index (χ1) is 11.1. The summed E-state index contributed by atoms with van der Waals surface area (Å²) in [5.41, 5.74) is 1.42. The van der Waals surface area contributed by atoms with E-state index in [1.807, 2.05) is 56.9 Å². The van der Waals surface area contributed by atoms with Crippen LogP contribution in [0.3, 0.4) is 0 Å². The van der Waals surface area contributed by atoms with E-state index in [4.69, 9.17) is 0 Å². The van der Waals surface area contributed by atoms with Gasteiger partial charge in [0.05, 0.1) is 17.5 Å². The van der Waals surface area contributed by atoms with E-state index < -0.39 is 15.3 Å². The monoisotopic (exact) mass is 366 g/mol. The highest BCUT2D eigenvalue weighted by molar-refractivity contribution is 8.16. The van der Waals surface area contributed by atoms with E-state index in [1.54, 1.807) is 0 Å². The number of amidine groups is 1. The van der Waals surface area contributed by atoms with Gasteiger partial charge in [-0.25, -0.2) is 8.42 Å². The lowest BCUT2D eigenvalue weighted by Gasteiger charge is -2.25. The Hall–Kier alpha value is -1.34. The summed E-state index contributed by atoms with van der Waals surface area (Å²) >= 11 is 1.41. The average molecular weight is 367 g/mol. The van der Waals surface area contributed by atoms with Crippen molar-refractivity contribution in [2.24, 2.45) is 10.4 Å². The third-order valence-electron chi connectivity index (χ3n) is 4.19. The molecule has 1 aromatic carbocycles. The molecular formula is C17H22N2O3S2. The molecule has 24 heavy (non-hydrogen) atoms. The SMILES string of the molecule is Cc1cccc(N2C(=NC(=O)C(C)(C)C)S[C@@H]3CS(=O)(=O)C[C@@H]32)c1. The number of hydrogen-bond acceptors (Lipinski definition) is 4. The Bertz CT molecular complexity index is 809. The van der Waals surface area contributed by atoms with Gasteiger partial charge in [0.15, 0.2) is 15.0 Å². The van der Waals surface area contributed by atoms with Crippen LogP contribution in [0, 0.1) is 12.3 Å². The molecule has 0 spiro atoms. The largest absolute Gasteiger partial charge is 0.316 e. The van der Waals surface area contributed by atoms with E-state index in [9.17, 15) is 13.2 Å². The zero-order valence-corrected chi connectivity index (χ0v) is 15.9. The van der Waals surface area contributed by atoms with E-state index >= 15 is 0 Å². The van der Waals surface area contributed by atoms with E-state index in [1.165, 1.54) is 11.8 Å². The Labute approximate surface area is 147 Å². The van der Waals surface area contributed by atoms with Gasteiger partial charge in [0.25, 0.3) is 5.91 Å². The summed E-state index contributed by atoms with van der Waals surface area (Å²) in [6.45, 7) is 7.50. The smallest absolute Gasteiger partial charge is 0.253 e. The highest BCUT2D eigenvalue weighted by Gasteiger charge is 2.49. The molecule has 0 saturated carbocycles. The second kappa shape index (κ2) is 5.88. The van der Waals surface area contributed by atoms with Crippen molar-refractivity contribution >= 4 is 38.4 Å². The summed E-state index contributed by atoms with van der Waals surface area (Å²) in [5.74, 6) is 0.0693. The molecule has 0 aromatic heterocycles. The first-order valence-electron chi connectivity index (χ1n) is 7.93. The molecule has 0 aliphatic carbocycles. The van der Waals surface area contributed by atoms with Gasteiger partial charge in [-0.1, -0.05) is 44.7 Å². The molecule has 0 N–H and O–H groups in total. The number of carbonyl (C=O) groups is 1. The number of rotatable bonds is 1. The second-order valence-electron chi connectivity index (χ2n) is 7.46. The first kappa shape index (κ1) is 17.5. The molecule has 0 radical (unpaired) electrons. The Kier molecular flexibility index (Phi) is 4.28. The molecule has 0 unspecified atom stereocenters. The molecule has 2 aliphatic heterocycles. The summed E-state index contributed by atoms with van der Waals surface area (Å²) in [4.78, 5) is 18.6. The number of thioether (sulfide) groups is 1. The van der Waals surface area contributed by atoms with Crippen molar-refractivity contribution in [3.8, 4) is 0 Å². The van der Waals surface area contributed by atoms with Crippen LogP contribution in [-0.2, 0) is 14.6 Å². The number of aliphatic imine (C=N–C) groups is 1. The van der Waals surface area contributed by atoms with Gasteiger partial charge in [-0.2, -0.15) is 4.99 Å². The molecule has 1 amide bonds. The predicted molar refractivity (Wildman–Crippen MR) is 99.4 cm³/mol. The van der Waals surface area contributed by atoms with Crippen molar-refractivity contribution in [1.82, 2.24) is 0 Å². The quantitative estimate of drug-likeness (QED) is 0.764. The number of carbonyl (C=O) groups excluding carboxylic acids is 1. The maximum absolute atomic E-state index is 12.4. The Morgan fingerprint density at radius 2 is 2.00 bits per heavy atom. The number of nitrogens with zero attached hydrogens (tertiary/aromatic N) is 2. The minimum atomic E-state index is -3.04. The Morgan fingerprint density at radius 1 is 1.29 bits per heavy atom. The van der Waals surface area contributed by atoms with Crippen LogP contribution in [0.5, 0.6) is 0 Å². The van der Waals surface area contributed by atoms with Crippen LogP contribution in [-0.4, -0.2) is 42.3 Å². The summed E-state index contributed by atoms with van der Waals surface area (Å²) < 4.78 is 24.1. The molecule has 1 aromatic rings.